The molecule has 4 rings (SSSR count). The van der Waals surface area contributed by atoms with Crippen molar-refractivity contribution in [3.05, 3.63) is 56.8 Å². The molecule has 34 heavy (non-hydrogen) atoms. The van der Waals surface area contributed by atoms with Crippen LogP contribution in [0.5, 0.6) is 0 Å². The molecule has 2 aromatic heterocycles. The zero-order valence-corrected chi connectivity index (χ0v) is 19.6. The Morgan fingerprint density at radius 1 is 1.06 bits per heavy atom. The minimum absolute atomic E-state index is 0.00589. The van der Waals surface area contributed by atoms with Crippen LogP contribution in [0.3, 0.4) is 0 Å². The van der Waals surface area contributed by atoms with Crippen LogP contribution in [-0.2, 0) is 17.9 Å². The van der Waals surface area contributed by atoms with Gasteiger partial charge in [-0.15, -0.1) is 0 Å². The number of piperazine rings is 1. The standard InChI is InChI=1S/C22H21Cl2F4N5O/c1-12-19-13(20(25)26)9-17(21(27)28)29-22(19)33(30-12)11-18(34)32-7-5-31(6-8-32)10-14-15(23)3-2-4-16(14)24/h2-4,9,20-21H,5-8,10-11H2,1H3. The summed E-state index contributed by atoms with van der Waals surface area (Å²) in [5.74, 6) is -0.303. The highest BCUT2D eigenvalue weighted by Gasteiger charge is 2.26. The van der Waals surface area contributed by atoms with E-state index in [1.54, 1.807) is 23.1 Å². The average molecular weight is 518 g/mol. The lowest BCUT2D eigenvalue weighted by molar-refractivity contribution is -0.133. The van der Waals surface area contributed by atoms with E-state index in [9.17, 15) is 22.4 Å². The molecule has 0 spiro atoms. The predicted molar refractivity (Wildman–Crippen MR) is 120 cm³/mol. The van der Waals surface area contributed by atoms with Gasteiger partial charge in [0.05, 0.1) is 11.1 Å². The summed E-state index contributed by atoms with van der Waals surface area (Å²) < 4.78 is 54.6. The Bertz CT molecular complexity index is 1190. The number of nitrogens with zero attached hydrogens (tertiary/aromatic N) is 5. The van der Waals surface area contributed by atoms with E-state index < -0.39 is 24.1 Å². The van der Waals surface area contributed by atoms with Crippen molar-refractivity contribution in [3.63, 3.8) is 0 Å². The molecule has 0 radical (unpaired) electrons. The Hall–Kier alpha value is -2.43. The molecule has 0 aliphatic carbocycles. The molecule has 0 unspecified atom stereocenters. The van der Waals surface area contributed by atoms with Gasteiger partial charge in [-0.1, -0.05) is 29.3 Å². The highest BCUT2D eigenvalue weighted by Crippen LogP contribution is 2.32. The number of benzene rings is 1. The summed E-state index contributed by atoms with van der Waals surface area (Å²) in [7, 11) is 0. The zero-order chi connectivity index (χ0) is 24.6. The molecule has 1 fully saturated rings. The van der Waals surface area contributed by atoms with Crippen LogP contribution < -0.4 is 0 Å². The maximum Gasteiger partial charge on any atom is 0.280 e. The fourth-order valence-corrected chi connectivity index (χ4v) is 4.61. The van der Waals surface area contributed by atoms with Gasteiger partial charge in [0.15, 0.2) is 5.65 Å². The van der Waals surface area contributed by atoms with E-state index >= 15 is 0 Å². The van der Waals surface area contributed by atoms with Crippen molar-refractivity contribution in [2.45, 2.75) is 32.9 Å². The number of alkyl halides is 4. The van der Waals surface area contributed by atoms with Gasteiger partial charge in [0.1, 0.15) is 12.2 Å². The summed E-state index contributed by atoms with van der Waals surface area (Å²) in [5.41, 5.74) is -0.467. The predicted octanol–water partition coefficient (Wildman–Crippen LogP) is 5.27. The molecule has 182 valence electrons. The van der Waals surface area contributed by atoms with Gasteiger partial charge in [-0.05, 0) is 25.1 Å². The third-order valence-corrected chi connectivity index (χ3v) is 6.55. The van der Waals surface area contributed by atoms with Crippen molar-refractivity contribution in [1.82, 2.24) is 24.6 Å². The summed E-state index contributed by atoms with van der Waals surface area (Å²) in [4.78, 5) is 20.5. The van der Waals surface area contributed by atoms with Crippen LogP contribution in [0, 0.1) is 6.92 Å². The van der Waals surface area contributed by atoms with Crippen LogP contribution in [0.1, 0.15) is 35.4 Å². The number of hydrogen-bond acceptors (Lipinski definition) is 4. The largest absolute Gasteiger partial charge is 0.339 e. The van der Waals surface area contributed by atoms with Crippen LogP contribution in [0.15, 0.2) is 24.3 Å². The third-order valence-electron chi connectivity index (χ3n) is 5.84. The second-order valence-corrected chi connectivity index (χ2v) is 8.85. The van der Waals surface area contributed by atoms with Crippen LogP contribution in [0.25, 0.3) is 11.0 Å². The van der Waals surface area contributed by atoms with Crippen molar-refractivity contribution < 1.29 is 22.4 Å². The number of hydrogen-bond donors (Lipinski definition) is 0. The monoisotopic (exact) mass is 517 g/mol. The number of carbonyl (C=O) groups is 1. The summed E-state index contributed by atoms with van der Waals surface area (Å²) in [6.07, 6.45) is -6.00. The van der Waals surface area contributed by atoms with Gasteiger partial charge < -0.3 is 4.90 Å². The molecule has 1 amide bonds. The lowest BCUT2D eigenvalue weighted by atomic mass is 10.1. The van der Waals surface area contributed by atoms with Crippen molar-refractivity contribution >= 4 is 40.1 Å². The van der Waals surface area contributed by atoms with Gasteiger partial charge in [-0.3, -0.25) is 9.69 Å². The molecule has 3 aromatic rings. The molecule has 1 aromatic carbocycles. The van der Waals surface area contributed by atoms with Crippen molar-refractivity contribution in [2.75, 3.05) is 26.2 Å². The molecule has 0 bridgehead atoms. The van der Waals surface area contributed by atoms with Crippen LogP contribution in [0.2, 0.25) is 10.0 Å². The highest BCUT2D eigenvalue weighted by molar-refractivity contribution is 6.35. The Morgan fingerprint density at radius 2 is 1.71 bits per heavy atom. The quantitative estimate of drug-likeness (QED) is 0.418. The van der Waals surface area contributed by atoms with E-state index in [0.29, 0.717) is 48.8 Å². The summed E-state index contributed by atoms with van der Waals surface area (Å²) >= 11 is 12.5. The summed E-state index contributed by atoms with van der Waals surface area (Å²) in [5, 5.41) is 5.29. The number of pyridine rings is 1. The molecular weight excluding hydrogens is 497 g/mol. The number of rotatable bonds is 6. The number of aryl methyl sites for hydroxylation is 1. The maximum atomic E-state index is 13.5. The molecule has 0 atom stereocenters. The fraction of sp³-hybridized carbons (Fsp3) is 0.409. The Balaban J connectivity index is 1.48. The first kappa shape index (κ1) is 24.7. The van der Waals surface area contributed by atoms with Gasteiger partial charge in [0.25, 0.3) is 12.9 Å². The number of halogens is 6. The highest BCUT2D eigenvalue weighted by atomic mass is 35.5. The van der Waals surface area contributed by atoms with Crippen LogP contribution >= 0.6 is 23.2 Å². The van der Waals surface area contributed by atoms with E-state index in [-0.39, 0.29) is 29.2 Å². The molecule has 1 saturated heterocycles. The lowest BCUT2D eigenvalue weighted by Crippen LogP contribution is -2.49. The van der Waals surface area contributed by atoms with Gasteiger partial charge in [0.2, 0.25) is 5.91 Å². The van der Waals surface area contributed by atoms with Gasteiger partial charge in [-0.2, -0.15) is 5.10 Å². The number of amides is 1. The second kappa shape index (κ2) is 10.1. The Labute approximate surface area is 203 Å². The molecule has 0 N–H and O–H groups in total. The lowest BCUT2D eigenvalue weighted by Gasteiger charge is -2.35. The van der Waals surface area contributed by atoms with Gasteiger partial charge in [-0.25, -0.2) is 27.2 Å². The van der Waals surface area contributed by atoms with E-state index in [2.05, 4.69) is 15.0 Å². The smallest absolute Gasteiger partial charge is 0.280 e. The number of aromatic nitrogens is 3. The van der Waals surface area contributed by atoms with Gasteiger partial charge in [0, 0.05) is 53.9 Å². The minimum atomic E-state index is -3.03. The Morgan fingerprint density at radius 3 is 2.29 bits per heavy atom. The summed E-state index contributed by atoms with van der Waals surface area (Å²) in [6, 6.07) is 6.01. The third kappa shape index (κ3) is 4.99. The van der Waals surface area contributed by atoms with Crippen molar-refractivity contribution in [2.24, 2.45) is 0 Å². The van der Waals surface area contributed by atoms with E-state index in [4.69, 9.17) is 23.2 Å². The molecule has 3 heterocycles. The Kier molecular flexibility index (Phi) is 7.30. The second-order valence-electron chi connectivity index (χ2n) is 8.04. The average Bonchev–Trinajstić information content (AvgIpc) is 3.11. The number of fused-ring (bicyclic) bond motifs is 1. The van der Waals surface area contributed by atoms with E-state index in [1.807, 2.05) is 0 Å². The zero-order valence-electron chi connectivity index (χ0n) is 18.1. The van der Waals surface area contributed by atoms with E-state index in [0.717, 1.165) is 10.2 Å². The molecule has 1 aliphatic heterocycles. The first-order valence-electron chi connectivity index (χ1n) is 10.5. The molecule has 6 nitrogen and oxygen atoms in total. The summed E-state index contributed by atoms with van der Waals surface area (Å²) in [6.45, 7) is 3.75. The first-order valence-corrected chi connectivity index (χ1v) is 11.3. The number of carbonyl (C=O) groups excluding carboxylic acids is 1. The van der Waals surface area contributed by atoms with Crippen molar-refractivity contribution in [1.29, 1.82) is 0 Å². The maximum absolute atomic E-state index is 13.5. The first-order chi connectivity index (χ1) is 16.2. The molecule has 0 saturated carbocycles. The minimum Gasteiger partial charge on any atom is -0.339 e. The fourth-order valence-electron chi connectivity index (χ4n) is 4.09. The van der Waals surface area contributed by atoms with Crippen LogP contribution in [0.4, 0.5) is 17.6 Å². The van der Waals surface area contributed by atoms with Crippen LogP contribution in [-0.4, -0.2) is 56.7 Å². The van der Waals surface area contributed by atoms with Crippen molar-refractivity contribution in [3.8, 4) is 0 Å². The topological polar surface area (TPSA) is 54.3 Å². The normalized spacial score (nSPS) is 15.1. The molecule has 1 aliphatic rings. The molecular formula is C22H21Cl2F4N5O. The SMILES string of the molecule is Cc1nn(CC(=O)N2CCN(Cc3c(Cl)cccc3Cl)CC2)c2nc(C(F)F)cc(C(F)F)c12. The van der Waals surface area contributed by atoms with E-state index in [1.165, 1.54) is 6.92 Å². The molecule has 12 heteroatoms. The van der Waals surface area contributed by atoms with Gasteiger partial charge >= 0.3 is 0 Å².